The molecule has 1 aliphatic heterocycles. The molecule has 122 valence electrons. The summed E-state index contributed by atoms with van der Waals surface area (Å²) in [6, 6.07) is 3.70. The lowest BCUT2D eigenvalue weighted by molar-refractivity contribution is 0.576. The van der Waals surface area contributed by atoms with Crippen LogP contribution in [0.3, 0.4) is 0 Å². The Labute approximate surface area is 129 Å². The lowest BCUT2D eigenvalue weighted by atomic mass is 10.2. The predicted molar refractivity (Wildman–Crippen MR) is 81.0 cm³/mol. The third-order valence-electron chi connectivity index (χ3n) is 3.75. The fourth-order valence-electron chi connectivity index (χ4n) is 2.38. The van der Waals surface area contributed by atoms with E-state index in [1.165, 1.54) is 19.2 Å². The average molecular weight is 349 g/mol. The monoisotopic (exact) mass is 349 g/mol. The first kappa shape index (κ1) is 15.5. The summed E-state index contributed by atoms with van der Waals surface area (Å²) < 4.78 is 66.0. The summed E-state index contributed by atoms with van der Waals surface area (Å²) in [4.78, 5) is 0. The molecule has 0 saturated heterocycles. The first-order valence-electron chi connectivity index (χ1n) is 6.78. The summed E-state index contributed by atoms with van der Waals surface area (Å²) in [5.74, 6) is -0.548. The molecule has 10 heteroatoms. The lowest BCUT2D eigenvalue weighted by Gasteiger charge is -2.19. The lowest BCUT2D eigenvalue weighted by Crippen LogP contribution is -2.41. The molecule has 1 heterocycles. The maximum Gasteiger partial charge on any atom is 0.326 e. The van der Waals surface area contributed by atoms with Gasteiger partial charge in [0.1, 0.15) is 5.82 Å². The van der Waals surface area contributed by atoms with E-state index in [9.17, 15) is 21.2 Å². The number of hydrogen-bond donors (Lipinski definition) is 1. The van der Waals surface area contributed by atoms with Crippen LogP contribution in [-0.4, -0.2) is 42.2 Å². The van der Waals surface area contributed by atoms with Gasteiger partial charge >= 0.3 is 10.2 Å². The second-order valence-electron chi connectivity index (χ2n) is 5.32. The number of benzene rings is 1. The second kappa shape index (κ2) is 5.07. The Hall–Kier alpha value is -1.39. The van der Waals surface area contributed by atoms with Crippen molar-refractivity contribution in [2.45, 2.75) is 18.1 Å². The first-order chi connectivity index (χ1) is 10.2. The van der Waals surface area contributed by atoms with Crippen LogP contribution in [-0.2, 0) is 20.2 Å². The first-order valence-corrected chi connectivity index (χ1v) is 9.72. The molecule has 1 fully saturated rings. The third kappa shape index (κ3) is 2.55. The highest BCUT2D eigenvalue weighted by atomic mass is 32.2. The Morgan fingerprint density at radius 2 is 2.00 bits per heavy atom. The standard InChI is InChI=1S/C12H16FN3O4S2/c1-15-11-5-2-9(13)8-12(11)16(22(15,19)20)7-6-14-21(17,18)10-3-4-10/h2,5,8,10,14H,3-4,6-7H2,1H3. The van der Waals surface area contributed by atoms with Crippen LogP contribution in [0, 0.1) is 5.82 Å². The van der Waals surface area contributed by atoms with Gasteiger partial charge in [-0.15, -0.1) is 0 Å². The van der Waals surface area contributed by atoms with Gasteiger partial charge in [-0.3, -0.25) is 4.31 Å². The predicted octanol–water partition coefficient (Wildman–Crippen LogP) is 0.408. The fourth-order valence-corrected chi connectivity index (χ4v) is 5.16. The van der Waals surface area contributed by atoms with Gasteiger partial charge in [-0.05, 0) is 25.0 Å². The van der Waals surface area contributed by atoms with E-state index in [0.717, 1.165) is 14.7 Å². The van der Waals surface area contributed by atoms with Crippen molar-refractivity contribution in [3.05, 3.63) is 24.0 Å². The molecule has 1 N–H and O–H groups in total. The van der Waals surface area contributed by atoms with E-state index in [4.69, 9.17) is 0 Å². The SMILES string of the molecule is CN1c2ccc(F)cc2N(CCNS(=O)(=O)C2CC2)S1(=O)=O. The van der Waals surface area contributed by atoms with Crippen molar-refractivity contribution in [3.63, 3.8) is 0 Å². The number of halogens is 1. The highest BCUT2D eigenvalue weighted by Crippen LogP contribution is 2.39. The minimum atomic E-state index is -3.80. The topological polar surface area (TPSA) is 86.8 Å². The van der Waals surface area contributed by atoms with Crippen LogP contribution >= 0.6 is 0 Å². The normalized spacial score (nSPS) is 20.3. The third-order valence-corrected chi connectivity index (χ3v) is 7.53. The van der Waals surface area contributed by atoms with Crippen LogP contribution in [0.5, 0.6) is 0 Å². The number of hydrogen-bond acceptors (Lipinski definition) is 4. The van der Waals surface area contributed by atoms with Crippen LogP contribution in [0.15, 0.2) is 18.2 Å². The molecule has 0 bridgehead atoms. The van der Waals surface area contributed by atoms with Crippen molar-refractivity contribution in [3.8, 4) is 0 Å². The van der Waals surface area contributed by atoms with Crippen molar-refractivity contribution in [1.29, 1.82) is 0 Å². The molecular weight excluding hydrogens is 333 g/mol. The Kier molecular flexibility index (Phi) is 3.57. The summed E-state index contributed by atoms with van der Waals surface area (Å²) in [6.07, 6.45) is 1.27. The molecule has 1 aromatic carbocycles. The van der Waals surface area contributed by atoms with Gasteiger partial charge < -0.3 is 0 Å². The van der Waals surface area contributed by atoms with Gasteiger partial charge in [-0.2, -0.15) is 8.42 Å². The van der Waals surface area contributed by atoms with E-state index < -0.39 is 26.0 Å². The number of rotatable bonds is 5. The van der Waals surface area contributed by atoms with Crippen molar-refractivity contribution >= 4 is 31.6 Å². The van der Waals surface area contributed by atoms with Gasteiger partial charge in [0.2, 0.25) is 10.0 Å². The second-order valence-corrected chi connectivity index (χ2v) is 9.25. The molecule has 7 nitrogen and oxygen atoms in total. The van der Waals surface area contributed by atoms with Crippen LogP contribution in [0.25, 0.3) is 0 Å². The highest BCUT2D eigenvalue weighted by molar-refractivity contribution is 7.94. The molecule has 0 radical (unpaired) electrons. The average Bonchev–Trinajstić information content (AvgIpc) is 3.25. The van der Waals surface area contributed by atoms with Crippen LogP contribution in [0.4, 0.5) is 15.8 Å². The summed E-state index contributed by atoms with van der Waals surface area (Å²) in [6.45, 7) is -0.142. The van der Waals surface area contributed by atoms with E-state index in [1.54, 1.807) is 0 Å². The van der Waals surface area contributed by atoms with E-state index >= 15 is 0 Å². The molecule has 1 saturated carbocycles. The zero-order valence-corrected chi connectivity index (χ0v) is 13.5. The van der Waals surface area contributed by atoms with Gasteiger partial charge in [-0.25, -0.2) is 21.8 Å². The number of anilines is 2. The molecule has 0 atom stereocenters. The summed E-state index contributed by atoms with van der Waals surface area (Å²) in [5.41, 5.74) is 0.583. The van der Waals surface area contributed by atoms with E-state index in [-0.39, 0.29) is 24.0 Å². The van der Waals surface area contributed by atoms with Crippen LogP contribution in [0.1, 0.15) is 12.8 Å². The van der Waals surface area contributed by atoms with Crippen molar-refractivity contribution in [2.24, 2.45) is 0 Å². The summed E-state index contributed by atoms with van der Waals surface area (Å²) in [7, 11) is -5.80. The van der Waals surface area contributed by atoms with E-state index in [2.05, 4.69) is 4.72 Å². The summed E-state index contributed by atoms with van der Waals surface area (Å²) >= 11 is 0. The highest BCUT2D eigenvalue weighted by Gasteiger charge is 2.39. The van der Waals surface area contributed by atoms with Gasteiger partial charge in [0, 0.05) is 26.2 Å². The van der Waals surface area contributed by atoms with Crippen molar-refractivity contribution in [2.75, 3.05) is 28.7 Å². The number of fused-ring (bicyclic) bond motifs is 1. The van der Waals surface area contributed by atoms with Crippen LogP contribution in [0.2, 0.25) is 0 Å². The Balaban J connectivity index is 1.79. The molecule has 0 spiro atoms. The van der Waals surface area contributed by atoms with Crippen molar-refractivity contribution in [1.82, 2.24) is 4.72 Å². The largest absolute Gasteiger partial charge is 0.326 e. The maximum absolute atomic E-state index is 13.4. The molecule has 1 aromatic rings. The molecule has 0 amide bonds. The molecule has 3 rings (SSSR count). The minimum absolute atomic E-state index is 0.0537. The molecule has 2 aliphatic rings. The number of sulfonamides is 1. The smallest absolute Gasteiger partial charge is 0.254 e. The fraction of sp³-hybridized carbons (Fsp3) is 0.500. The van der Waals surface area contributed by atoms with E-state index in [0.29, 0.717) is 18.5 Å². The Bertz CT molecular complexity index is 806. The minimum Gasteiger partial charge on any atom is -0.254 e. The number of nitrogens with zero attached hydrogens (tertiary/aromatic N) is 2. The van der Waals surface area contributed by atoms with Gasteiger partial charge in [0.25, 0.3) is 0 Å². The zero-order chi connectivity index (χ0) is 16.1. The van der Waals surface area contributed by atoms with Gasteiger partial charge in [0.15, 0.2) is 0 Å². The maximum atomic E-state index is 13.4. The Morgan fingerprint density at radius 1 is 1.32 bits per heavy atom. The quantitative estimate of drug-likeness (QED) is 0.834. The molecule has 22 heavy (non-hydrogen) atoms. The number of nitrogens with one attached hydrogen (secondary N) is 1. The summed E-state index contributed by atoms with van der Waals surface area (Å²) in [5, 5.41) is -0.366. The molecular formula is C12H16FN3O4S2. The molecule has 1 aliphatic carbocycles. The van der Waals surface area contributed by atoms with Gasteiger partial charge in [-0.1, -0.05) is 0 Å². The van der Waals surface area contributed by atoms with Crippen molar-refractivity contribution < 1.29 is 21.2 Å². The van der Waals surface area contributed by atoms with Crippen LogP contribution < -0.4 is 13.3 Å². The van der Waals surface area contributed by atoms with E-state index in [1.807, 2.05) is 0 Å². The Morgan fingerprint density at radius 3 is 2.64 bits per heavy atom. The van der Waals surface area contributed by atoms with Gasteiger partial charge in [0.05, 0.1) is 16.6 Å². The zero-order valence-electron chi connectivity index (χ0n) is 11.9. The molecule has 0 aromatic heterocycles. The molecule has 0 unspecified atom stereocenters.